The molecular formula is C16H14Cl2N2O4. The van der Waals surface area contributed by atoms with Gasteiger partial charge < -0.3 is 10.1 Å². The van der Waals surface area contributed by atoms with Gasteiger partial charge in [0.15, 0.2) is 6.04 Å². The minimum atomic E-state index is -2.44. The number of rotatable bonds is 6. The van der Waals surface area contributed by atoms with E-state index in [0.717, 1.165) is 5.56 Å². The van der Waals surface area contributed by atoms with Gasteiger partial charge in [0.2, 0.25) is 0 Å². The zero-order chi connectivity index (χ0) is 17.6. The molecule has 0 bridgehead atoms. The molecule has 0 spiro atoms. The van der Waals surface area contributed by atoms with Crippen LogP contribution in [-0.2, 0) is 11.3 Å². The summed E-state index contributed by atoms with van der Waals surface area (Å²) in [5.41, 5.74) is 1.16. The minimum Gasteiger partial charge on any atom is -0.445 e. The number of alkyl carbamates (subject to hydrolysis) is 1. The van der Waals surface area contributed by atoms with Crippen LogP contribution in [0.3, 0.4) is 0 Å². The Morgan fingerprint density at radius 1 is 1.12 bits per heavy atom. The Balaban J connectivity index is 2.11. The number of alkyl halides is 2. The average Bonchev–Trinajstić information content (AvgIpc) is 2.59. The van der Waals surface area contributed by atoms with Crippen LogP contribution in [0.4, 0.5) is 4.79 Å². The molecule has 0 saturated heterocycles. The van der Waals surface area contributed by atoms with E-state index in [-0.39, 0.29) is 6.61 Å². The predicted octanol–water partition coefficient (Wildman–Crippen LogP) is 4.06. The average molecular weight is 369 g/mol. The van der Waals surface area contributed by atoms with Gasteiger partial charge >= 0.3 is 10.6 Å². The molecule has 1 amide bonds. The Morgan fingerprint density at radius 3 is 2.21 bits per heavy atom. The van der Waals surface area contributed by atoms with Gasteiger partial charge in [-0.2, -0.15) is 0 Å². The van der Waals surface area contributed by atoms with E-state index in [0.29, 0.717) is 5.56 Å². The number of ether oxygens (including phenoxy) is 1. The fourth-order valence-electron chi connectivity index (χ4n) is 2.00. The summed E-state index contributed by atoms with van der Waals surface area (Å²) in [5, 5.41) is 13.5. The lowest BCUT2D eigenvalue weighted by molar-refractivity contribution is -0.521. The highest BCUT2D eigenvalue weighted by atomic mass is 35.5. The normalized spacial score (nSPS) is 12.2. The SMILES string of the molecule is O=C(NC(c1ccccc1)C(Cl)(Cl)[N+](=O)[O-])OCc1ccccc1. The van der Waals surface area contributed by atoms with Crippen molar-refractivity contribution in [3.05, 3.63) is 81.9 Å². The summed E-state index contributed by atoms with van der Waals surface area (Å²) < 4.78 is 2.63. The van der Waals surface area contributed by atoms with Crippen LogP contribution in [0, 0.1) is 10.1 Å². The van der Waals surface area contributed by atoms with Crippen LogP contribution in [0.5, 0.6) is 0 Å². The topological polar surface area (TPSA) is 81.5 Å². The summed E-state index contributed by atoms with van der Waals surface area (Å²) in [5.74, 6) is 0. The Kier molecular flexibility index (Phi) is 6.00. The molecule has 8 heteroatoms. The zero-order valence-electron chi connectivity index (χ0n) is 12.4. The summed E-state index contributed by atoms with van der Waals surface area (Å²) in [6, 6.07) is 15.9. The number of nitro groups is 1. The lowest BCUT2D eigenvalue weighted by atomic mass is 10.1. The van der Waals surface area contributed by atoms with E-state index < -0.39 is 21.5 Å². The molecule has 0 heterocycles. The van der Waals surface area contributed by atoms with Crippen molar-refractivity contribution in [2.24, 2.45) is 0 Å². The molecule has 0 aliphatic heterocycles. The number of amides is 1. The van der Waals surface area contributed by atoms with E-state index >= 15 is 0 Å². The van der Waals surface area contributed by atoms with Crippen molar-refractivity contribution < 1.29 is 14.5 Å². The smallest absolute Gasteiger partial charge is 0.408 e. The number of hydrogen-bond acceptors (Lipinski definition) is 4. The van der Waals surface area contributed by atoms with Gasteiger partial charge in [-0.1, -0.05) is 60.7 Å². The molecule has 126 valence electrons. The quantitative estimate of drug-likeness (QED) is 0.360. The Labute approximate surface area is 148 Å². The van der Waals surface area contributed by atoms with E-state index in [9.17, 15) is 14.9 Å². The first-order valence-corrected chi connectivity index (χ1v) is 7.71. The van der Waals surface area contributed by atoms with Gasteiger partial charge in [0.1, 0.15) is 6.61 Å². The number of hydrogen-bond donors (Lipinski definition) is 1. The first-order chi connectivity index (χ1) is 11.4. The van der Waals surface area contributed by atoms with Gasteiger partial charge in [-0.25, -0.2) is 4.79 Å². The van der Waals surface area contributed by atoms with Crippen molar-refractivity contribution in [2.75, 3.05) is 0 Å². The predicted molar refractivity (Wildman–Crippen MR) is 90.4 cm³/mol. The third-order valence-electron chi connectivity index (χ3n) is 3.20. The molecule has 1 N–H and O–H groups in total. The summed E-state index contributed by atoms with van der Waals surface area (Å²) in [6.07, 6.45) is -0.861. The Morgan fingerprint density at radius 2 is 1.67 bits per heavy atom. The van der Waals surface area contributed by atoms with Crippen LogP contribution in [0.25, 0.3) is 0 Å². The number of halogens is 2. The third-order valence-corrected chi connectivity index (χ3v) is 3.91. The molecule has 6 nitrogen and oxygen atoms in total. The number of benzene rings is 2. The van der Waals surface area contributed by atoms with Crippen LogP contribution in [-0.4, -0.2) is 15.5 Å². The van der Waals surface area contributed by atoms with E-state index in [2.05, 4.69) is 5.32 Å². The first kappa shape index (κ1) is 18.0. The summed E-state index contributed by atoms with van der Waals surface area (Å²) in [6.45, 7) is 0.0181. The summed E-state index contributed by atoms with van der Waals surface area (Å²) in [7, 11) is 0. The van der Waals surface area contributed by atoms with Crippen LogP contribution in [0.1, 0.15) is 17.2 Å². The number of carbonyl (C=O) groups excluding carboxylic acids is 1. The Hall–Kier alpha value is -2.31. The highest BCUT2D eigenvalue weighted by Gasteiger charge is 2.49. The lowest BCUT2D eigenvalue weighted by Crippen LogP contribution is -2.44. The molecule has 0 saturated carbocycles. The van der Waals surface area contributed by atoms with Gasteiger partial charge in [-0.15, -0.1) is 0 Å². The maximum atomic E-state index is 12.0. The van der Waals surface area contributed by atoms with Crippen molar-refractivity contribution in [3.8, 4) is 0 Å². The van der Waals surface area contributed by atoms with E-state index in [4.69, 9.17) is 27.9 Å². The highest BCUT2D eigenvalue weighted by Crippen LogP contribution is 2.36. The zero-order valence-corrected chi connectivity index (χ0v) is 13.9. The van der Waals surface area contributed by atoms with E-state index in [1.165, 1.54) is 0 Å². The second-order valence-corrected chi connectivity index (χ2v) is 6.24. The largest absolute Gasteiger partial charge is 0.445 e. The monoisotopic (exact) mass is 368 g/mol. The molecule has 1 unspecified atom stereocenters. The number of nitrogens with one attached hydrogen (secondary N) is 1. The molecule has 0 aliphatic carbocycles. The fourth-order valence-corrected chi connectivity index (χ4v) is 2.37. The van der Waals surface area contributed by atoms with Gasteiger partial charge in [-0.3, -0.25) is 10.1 Å². The molecule has 2 aromatic rings. The van der Waals surface area contributed by atoms with Crippen LogP contribution >= 0.6 is 23.2 Å². The number of carbonyl (C=O) groups is 1. The second kappa shape index (κ2) is 7.99. The van der Waals surface area contributed by atoms with Gasteiger partial charge in [-0.05, 0) is 34.3 Å². The van der Waals surface area contributed by atoms with Crippen molar-refractivity contribution in [3.63, 3.8) is 0 Å². The van der Waals surface area contributed by atoms with Crippen LogP contribution in [0.15, 0.2) is 60.7 Å². The molecule has 1 atom stereocenters. The van der Waals surface area contributed by atoms with Gasteiger partial charge in [0.05, 0.1) is 4.92 Å². The standard InChI is InChI=1S/C16H14Cl2N2O4/c17-16(18,20(22)23)14(13-9-5-2-6-10-13)19-15(21)24-11-12-7-3-1-4-8-12/h1-10,14H,11H2,(H,19,21). The maximum Gasteiger partial charge on any atom is 0.408 e. The van der Waals surface area contributed by atoms with Crippen LogP contribution < -0.4 is 5.32 Å². The van der Waals surface area contributed by atoms with Gasteiger partial charge in [0, 0.05) is 0 Å². The molecular weight excluding hydrogens is 355 g/mol. The van der Waals surface area contributed by atoms with Crippen molar-refractivity contribution >= 4 is 29.3 Å². The molecule has 24 heavy (non-hydrogen) atoms. The Bertz CT molecular complexity index is 696. The first-order valence-electron chi connectivity index (χ1n) is 6.95. The van der Waals surface area contributed by atoms with Crippen molar-refractivity contribution in [2.45, 2.75) is 17.1 Å². The van der Waals surface area contributed by atoms with E-state index in [1.54, 1.807) is 54.6 Å². The maximum absolute atomic E-state index is 12.0. The van der Waals surface area contributed by atoms with Gasteiger partial charge in [0.25, 0.3) is 0 Å². The summed E-state index contributed by atoms with van der Waals surface area (Å²) >= 11 is 11.7. The molecule has 2 aromatic carbocycles. The summed E-state index contributed by atoms with van der Waals surface area (Å²) in [4.78, 5) is 22.3. The molecule has 2 rings (SSSR count). The highest BCUT2D eigenvalue weighted by molar-refractivity contribution is 6.47. The van der Waals surface area contributed by atoms with E-state index in [1.807, 2.05) is 6.07 Å². The van der Waals surface area contributed by atoms with Crippen molar-refractivity contribution in [1.82, 2.24) is 5.32 Å². The third kappa shape index (κ3) is 4.59. The molecule has 0 radical (unpaired) electrons. The molecule has 0 fully saturated rings. The molecule has 0 aliphatic rings. The van der Waals surface area contributed by atoms with Crippen molar-refractivity contribution in [1.29, 1.82) is 0 Å². The lowest BCUT2D eigenvalue weighted by Gasteiger charge is -2.23. The minimum absolute atomic E-state index is 0.0181. The number of nitrogens with zero attached hydrogens (tertiary/aromatic N) is 1. The fraction of sp³-hybridized carbons (Fsp3) is 0.188. The second-order valence-electron chi connectivity index (χ2n) is 4.89. The molecule has 0 aromatic heterocycles. The van der Waals surface area contributed by atoms with Crippen LogP contribution in [0.2, 0.25) is 0 Å².